The van der Waals surface area contributed by atoms with Crippen molar-refractivity contribution in [2.75, 3.05) is 6.61 Å². The van der Waals surface area contributed by atoms with Gasteiger partial charge in [0.25, 0.3) is 0 Å². The van der Waals surface area contributed by atoms with Crippen LogP contribution in [0.3, 0.4) is 0 Å². The molecule has 0 saturated heterocycles. The summed E-state index contributed by atoms with van der Waals surface area (Å²) in [6.07, 6.45) is 0. The molecule has 1 unspecified atom stereocenters. The van der Waals surface area contributed by atoms with Gasteiger partial charge in [0.15, 0.2) is 0 Å². The molecule has 0 aliphatic rings. The van der Waals surface area contributed by atoms with Crippen molar-refractivity contribution in [3.63, 3.8) is 0 Å². The zero-order valence-corrected chi connectivity index (χ0v) is 13.0. The third-order valence-electron chi connectivity index (χ3n) is 0.627. The molecule has 6 heteroatoms. The maximum Gasteiger partial charge on any atom is 1.00 e. The Balaban J connectivity index is 0. The van der Waals surface area contributed by atoms with Crippen molar-refractivity contribution >= 4 is 29.4 Å². The molecule has 0 saturated carbocycles. The van der Waals surface area contributed by atoms with Crippen LogP contribution < -0.4 is 51.4 Å². The van der Waals surface area contributed by atoms with Crippen LogP contribution in [0.15, 0.2) is 0 Å². The predicted molar refractivity (Wildman–Crippen MR) is 49.3 cm³/mol. The summed E-state index contributed by atoms with van der Waals surface area (Å²) in [5, 5.41) is 0.273. The fraction of sp³-hybridized carbons (Fsp3) is 1.00. The summed E-state index contributed by atoms with van der Waals surface area (Å²) in [6, 6.07) is 0. The molecule has 0 aliphatic carbocycles. The van der Waals surface area contributed by atoms with Gasteiger partial charge in [-0.2, -0.15) is 0 Å². The van der Waals surface area contributed by atoms with E-state index in [-0.39, 0.29) is 56.6 Å². The first-order chi connectivity index (χ1) is 4.48. The maximum absolute atomic E-state index is 11.2. The molecular formula is C5H12KO2PS2. The Hall–Kier alpha value is 2.53. The van der Waals surface area contributed by atoms with Gasteiger partial charge < -0.3 is 21.3 Å². The Morgan fingerprint density at radius 1 is 1.64 bits per heavy atom. The molecule has 0 aliphatic heterocycles. The van der Waals surface area contributed by atoms with Gasteiger partial charge in [0.05, 0.1) is 6.61 Å². The maximum atomic E-state index is 11.2. The fourth-order valence-electron chi connectivity index (χ4n) is 0.447. The zero-order chi connectivity index (χ0) is 8.20. The number of rotatable bonds is 4. The van der Waals surface area contributed by atoms with Crippen molar-refractivity contribution in [2.45, 2.75) is 26.0 Å². The van der Waals surface area contributed by atoms with E-state index in [1.807, 2.05) is 13.8 Å². The van der Waals surface area contributed by atoms with Crippen molar-refractivity contribution < 1.29 is 60.5 Å². The van der Waals surface area contributed by atoms with Gasteiger partial charge in [-0.3, -0.25) is 0 Å². The van der Waals surface area contributed by atoms with Crippen molar-refractivity contribution in [3.8, 4) is 0 Å². The monoisotopic (exact) mass is 238 g/mol. The Bertz CT molecular complexity index is 142. The van der Waals surface area contributed by atoms with Gasteiger partial charge in [0, 0.05) is 5.25 Å². The van der Waals surface area contributed by atoms with Crippen LogP contribution in [-0.4, -0.2) is 11.9 Å². The smallest absolute Gasteiger partial charge is 0.678 e. The minimum atomic E-state index is -2.75. The van der Waals surface area contributed by atoms with Crippen LogP contribution in [0.2, 0.25) is 0 Å². The molecule has 0 spiro atoms. The van der Waals surface area contributed by atoms with Gasteiger partial charge in [-0.1, -0.05) is 25.2 Å². The van der Waals surface area contributed by atoms with Gasteiger partial charge in [0.1, 0.15) is 5.77 Å². The van der Waals surface area contributed by atoms with E-state index in [4.69, 9.17) is 16.8 Å². The quantitative estimate of drug-likeness (QED) is 0.386. The van der Waals surface area contributed by atoms with E-state index < -0.39 is 5.77 Å². The van der Waals surface area contributed by atoms with Crippen LogP contribution in [0.5, 0.6) is 0 Å². The van der Waals surface area contributed by atoms with Crippen molar-refractivity contribution in [3.05, 3.63) is 0 Å². The van der Waals surface area contributed by atoms with E-state index in [1.165, 1.54) is 11.4 Å². The summed E-state index contributed by atoms with van der Waals surface area (Å²) in [4.78, 5) is 0. The van der Waals surface area contributed by atoms with E-state index in [0.29, 0.717) is 6.61 Å². The zero-order valence-electron chi connectivity index (χ0n) is 7.36. The summed E-state index contributed by atoms with van der Waals surface area (Å²) in [5.41, 5.74) is 0. The van der Waals surface area contributed by atoms with Crippen molar-refractivity contribution in [2.24, 2.45) is 0 Å². The molecule has 0 aromatic carbocycles. The molecule has 0 amide bonds. The Morgan fingerprint density at radius 2 is 2.09 bits per heavy atom. The molecule has 0 aromatic heterocycles. The first-order valence-electron chi connectivity index (χ1n) is 3.12. The third-order valence-corrected chi connectivity index (χ3v) is 5.33. The summed E-state index contributed by atoms with van der Waals surface area (Å²) in [7, 11) is 0. The number of hydrogen-bond donors (Lipinski definition) is 0. The van der Waals surface area contributed by atoms with E-state index in [0.717, 1.165) is 0 Å². The predicted octanol–water partition coefficient (Wildman–Crippen LogP) is -0.176. The van der Waals surface area contributed by atoms with Crippen molar-refractivity contribution in [1.29, 1.82) is 0 Å². The molecule has 11 heavy (non-hydrogen) atoms. The summed E-state index contributed by atoms with van der Waals surface area (Å²) in [6.45, 7) is 6.12. The molecule has 1 atom stereocenters. The molecule has 0 bridgehead atoms. The second kappa shape index (κ2) is 7.89. The van der Waals surface area contributed by atoms with Gasteiger partial charge in [0.2, 0.25) is 0 Å². The van der Waals surface area contributed by atoms with Crippen molar-refractivity contribution in [1.82, 2.24) is 0 Å². The molecule has 0 radical (unpaired) electrons. The molecule has 0 aromatic rings. The van der Waals surface area contributed by atoms with Crippen LogP contribution in [0.1, 0.15) is 20.8 Å². The Morgan fingerprint density at radius 3 is 2.36 bits per heavy atom. The first kappa shape index (κ1) is 16.0. The van der Waals surface area contributed by atoms with Gasteiger partial charge in [-0.05, 0) is 6.92 Å². The van der Waals surface area contributed by atoms with Crippen LogP contribution in [0.25, 0.3) is 0 Å². The van der Waals surface area contributed by atoms with E-state index in [2.05, 4.69) is 0 Å². The molecule has 62 valence electrons. The van der Waals surface area contributed by atoms with Crippen LogP contribution in [-0.2, 0) is 21.3 Å². The first-order valence-corrected chi connectivity index (χ1v) is 7.24. The molecule has 0 rings (SSSR count). The fourth-order valence-corrected chi connectivity index (χ4v) is 5.25. The normalized spacial score (nSPS) is 15.7. The van der Waals surface area contributed by atoms with Crippen LogP contribution in [0, 0.1) is 0 Å². The van der Waals surface area contributed by atoms with E-state index in [9.17, 15) is 4.57 Å². The second-order valence-electron chi connectivity index (χ2n) is 2.02. The Kier molecular flexibility index (Phi) is 11.5. The van der Waals surface area contributed by atoms with Crippen LogP contribution >= 0.6 is 17.2 Å². The van der Waals surface area contributed by atoms with E-state index in [1.54, 1.807) is 6.92 Å². The Labute approximate surface area is 120 Å². The average Bonchev–Trinajstić information content (AvgIpc) is 1.59. The molecular weight excluding hydrogens is 226 g/mol. The summed E-state index contributed by atoms with van der Waals surface area (Å²) in [5.74, 6) is -2.75. The average molecular weight is 238 g/mol. The molecule has 0 N–H and O–H groups in total. The standard InChI is InChI=1S/C5H13O2PS2.K/c1-4-7-8(6,9)10-5(2)3;/h5H,4H2,1-3H3,(H,6,9);/q;+1/p-1. The minimum absolute atomic E-state index is 0. The topological polar surface area (TPSA) is 26.3 Å². The molecule has 0 heterocycles. The minimum Gasteiger partial charge on any atom is -0.678 e. The second-order valence-corrected chi connectivity index (χ2v) is 8.54. The van der Waals surface area contributed by atoms with Gasteiger partial charge in [-0.15, -0.1) is 0 Å². The molecule has 2 nitrogen and oxygen atoms in total. The molecule has 0 fully saturated rings. The largest absolute Gasteiger partial charge is 1.00 e. The SMILES string of the molecule is CCOP(=O)([S-])SC(C)C.[K+]. The van der Waals surface area contributed by atoms with E-state index >= 15 is 0 Å². The summed E-state index contributed by atoms with van der Waals surface area (Å²) < 4.78 is 16.1. The van der Waals surface area contributed by atoms with Gasteiger partial charge in [-0.25, -0.2) is 0 Å². The number of hydrogen-bond acceptors (Lipinski definition) is 4. The third kappa shape index (κ3) is 10.4. The summed E-state index contributed by atoms with van der Waals surface area (Å²) >= 11 is 5.94. The van der Waals surface area contributed by atoms with Crippen LogP contribution in [0.4, 0.5) is 0 Å². The van der Waals surface area contributed by atoms with Gasteiger partial charge >= 0.3 is 51.4 Å².